The van der Waals surface area contributed by atoms with Gasteiger partial charge in [-0.05, 0) is 61.1 Å². The Morgan fingerprint density at radius 2 is 1.92 bits per heavy atom. The van der Waals surface area contributed by atoms with Crippen molar-refractivity contribution in [2.24, 2.45) is 10.9 Å². The SMILES string of the molecule is Fc1c(-c2cncc(CNCC3CCCC3)c2)cnc2n[nH]c(-c3nc4c([nH]3)C(c3ccncc3)CC=N4)c12. The number of aromatic nitrogens is 7. The molecule has 1 saturated carbocycles. The molecule has 1 unspecified atom stereocenters. The second-order valence-corrected chi connectivity index (χ2v) is 10.3. The zero-order chi connectivity index (χ0) is 26.2. The maximum Gasteiger partial charge on any atom is 0.184 e. The first-order valence-electron chi connectivity index (χ1n) is 13.4. The molecule has 1 atom stereocenters. The molecule has 5 aromatic heterocycles. The molecule has 0 spiro atoms. The normalized spacial score (nSPS) is 17.2. The van der Waals surface area contributed by atoms with Gasteiger partial charge in [-0.2, -0.15) is 5.10 Å². The first-order chi connectivity index (χ1) is 19.2. The molecule has 3 N–H and O–H groups in total. The van der Waals surface area contributed by atoms with Gasteiger partial charge in [-0.25, -0.2) is 19.4 Å². The highest BCUT2D eigenvalue weighted by molar-refractivity contribution is 5.93. The van der Waals surface area contributed by atoms with E-state index in [2.05, 4.69) is 45.4 Å². The van der Waals surface area contributed by atoms with E-state index in [-0.39, 0.29) is 17.0 Å². The number of aliphatic imine (C=N–C) groups is 1. The lowest BCUT2D eigenvalue weighted by Gasteiger charge is -2.17. The van der Waals surface area contributed by atoms with Crippen LogP contribution in [0.15, 0.2) is 54.2 Å². The fourth-order valence-corrected chi connectivity index (χ4v) is 5.79. The number of rotatable bonds is 7. The zero-order valence-corrected chi connectivity index (χ0v) is 21.4. The first kappa shape index (κ1) is 23.8. The van der Waals surface area contributed by atoms with E-state index in [0.29, 0.717) is 35.0 Å². The summed E-state index contributed by atoms with van der Waals surface area (Å²) < 4.78 is 16.1. The molecule has 2 aliphatic rings. The Labute approximate surface area is 224 Å². The summed E-state index contributed by atoms with van der Waals surface area (Å²) in [6.45, 7) is 1.70. The molecule has 6 heterocycles. The highest BCUT2D eigenvalue weighted by Crippen LogP contribution is 2.39. The Balaban J connectivity index is 1.20. The second-order valence-electron chi connectivity index (χ2n) is 10.3. The van der Waals surface area contributed by atoms with Crippen LogP contribution in [0.25, 0.3) is 33.7 Å². The fourth-order valence-electron chi connectivity index (χ4n) is 5.79. The van der Waals surface area contributed by atoms with Crippen molar-refractivity contribution in [1.82, 2.24) is 40.4 Å². The quantitative estimate of drug-likeness (QED) is 0.262. The Bertz CT molecular complexity index is 1650. The summed E-state index contributed by atoms with van der Waals surface area (Å²) in [6.07, 6.45) is 16.4. The predicted molar refractivity (Wildman–Crippen MR) is 147 cm³/mol. The summed E-state index contributed by atoms with van der Waals surface area (Å²) >= 11 is 0. The predicted octanol–water partition coefficient (Wildman–Crippen LogP) is 5.46. The van der Waals surface area contributed by atoms with Crippen molar-refractivity contribution in [3.8, 4) is 22.6 Å². The van der Waals surface area contributed by atoms with Crippen LogP contribution in [-0.4, -0.2) is 47.9 Å². The average molecular weight is 522 g/mol. The van der Waals surface area contributed by atoms with Crippen molar-refractivity contribution >= 4 is 23.1 Å². The molecule has 5 aromatic rings. The number of nitrogens with zero attached hydrogens (tertiary/aromatic N) is 6. The molecule has 10 heteroatoms. The average Bonchev–Trinajstić information content (AvgIpc) is 3.73. The standard InChI is InChI=1S/C29H28FN9/c30-24-22(20-11-18(14-33-15-20)13-32-12-17-3-1-2-4-17)16-35-27-23(24)26(38-39-27)29-36-25-21(7-10-34-28(25)37-29)19-5-8-31-9-6-19/h5-6,8-11,14-17,21,32H,1-4,7,12-13H2,(H,36,37)(H,35,38,39). The smallest absolute Gasteiger partial charge is 0.184 e. The van der Waals surface area contributed by atoms with Gasteiger partial charge in [-0.1, -0.05) is 12.8 Å². The van der Waals surface area contributed by atoms with Crippen LogP contribution in [0.2, 0.25) is 0 Å². The van der Waals surface area contributed by atoms with Crippen LogP contribution in [0.3, 0.4) is 0 Å². The van der Waals surface area contributed by atoms with Gasteiger partial charge in [0, 0.05) is 60.8 Å². The van der Waals surface area contributed by atoms with Crippen molar-refractivity contribution in [3.63, 3.8) is 0 Å². The van der Waals surface area contributed by atoms with Crippen molar-refractivity contribution < 1.29 is 4.39 Å². The van der Waals surface area contributed by atoms with Crippen LogP contribution in [0, 0.1) is 11.7 Å². The third kappa shape index (κ3) is 4.50. The van der Waals surface area contributed by atoms with E-state index in [1.165, 1.54) is 31.9 Å². The molecule has 0 saturated heterocycles. The van der Waals surface area contributed by atoms with Gasteiger partial charge in [0.1, 0.15) is 11.5 Å². The Kier molecular flexibility index (Phi) is 6.16. The van der Waals surface area contributed by atoms with Gasteiger partial charge >= 0.3 is 0 Å². The highest BCUT2D eigenvalue weighted by atomic mass is 19.1. The summed E-state index contributed by atoms with van der Waals surface area (Å²) in [5, 5.41) is 11.0. The number of pyridine rings is 3. The number of halogens is 1. The Hall–Kier alpha value is -4.31. The molecule has 0 radical (unpaired) electrons. The number of aromatic amines is 2. The van der Waals surface area contributed by atoms with Gasteiger partial charge in [0.25, 0.3) is 0 Å². The van der Waals surface area contributed by atoms with Crippen molar-refractivity contribution in [3.05, 3.63) is 71.8 Å². The lowest BCUT2D eigenvalue weighted by Crippen LogP contribution is -2.20. The molecule has 0 amide bonds. The third-order valence-electron chi connectivity index (χ3n) is 7.82. The number of imidazole rings is 1. The molecule has 7 rings (SSSR count). The third-order valence-corrected chi connectivity index (χ3v) is 7.82. The van der Waals surface area contributed by atoms with E-state index in [1.54, 1.807) is 18.6 Å². The number of fused-ring (bicyclic) bond motifs is 2. The fraction of sp³-hybridized carbons (Fsp3) is 0.310. The summed E-state index contributed by atoms with van der Waals surface area (Å²) in [6, 6.07) is 5.95. The van der Waals surface area contributed by atoms with Crippen LogP contribution in [0.1, 0.15) is 54.8 Å². The Morgan fingerprint density at radius 3 is 2.79 bits per heavy atom. The van der Waals surface area contributed by atoms with Crippen molar-refractivity contribution in [2.45, 2.75) is 44.6 Å². The molecule has 1 fully saturated rings. The molecule has 1 aliphatic heterocycles. The van der Waals surface area contributed by atoms with E-state index >= 15 is 4.39 Å². The second kappa shape index (κ2) is 10.1. The van der Waals surface area contributed by atoms with Gasteiger partial charge in [0.2, 0.25) is 0 Å². The maximum absolute atomic E-state index is 16.1. The van der Waals surface area contributed by atoms with Crippen LogP contribution in [0.4, 0.5) is 10.2 Å². The minimum absolute atomic E-state index is 0.0607. The molecule has 1 aliphatic carbocycles. The lowest BCUT2D eigenvalue weighted by atomic mass is 9.92. The van der Waals surface area contributed by atoms with Crippen LogP contribution < -0.4 is 5.32 Å². The van der Waals surface area contributed by atoms with Crippen molar-refractivity contribution in [2.75, 3.05) is 6.54 Å². The van der Waals surface area contributed by atoms with Gasteiger partial charge in [0.15, 0.2) is 17.3 Å². The highest BCUT2D eigenvalue weighted by Gasteiger charge is 2.27. The van der Waals surface area contributed by atoms with Gasteiger partial charge in [-0.15, -0.1) is 0 Å². The van der Waals surface area contributed by atoms with E-state index in [9.17, 15) is 0 Å². The van der Waals surface area contributed by atoms with E-state index in [0.717, 1.165) is 35.7 Å². The molecule has 0 bridgehead atoms. The molecule has 0 aromatic carbocycles. The Morgan fingerprint density at radius 1 is 1.05 bits per heavy atom. The minimum atomic E-state index is -0.412. The summed E-state index contributed by atoms with van der Waals surface area (Å²) in [5.74, 6) is 1.46. The number of nitrogens with one attached hydrogen (secondary N) is 3. The minimum Gasteiger partial charge on any atom is -0.338 e. The van der Waals surface area contributed by atoms with E-state index in [1.807, 2.05) is 30.6 Å². The summed E-state index contributed by atoms with van der Waals surface area (Å²) in [7, 11) is 0. The zero-order valence-electron chi connectivity index (χ0n) is 21.4. The van der Waals surface area contributed by atoms with Crippen LogP contribution in [0.5, 0.6) is 0 Å². The molecular formula is C29H28FN9. The monoisotopic (exact) mass is 521 g/mol. The summed E-state index contributed by atoms with van der Waals surface area (Å²) in [5.41, 5.74) is 4.79. The van der Waals surface area contributed by atoms with Gasteiger partial charge in [-0.3, -0.25) is 15.1 Å². The number of hydrogen-bond acceptors (Lipinski definition) is 7. The van der Waals surface area contributed by atoms with Gasteiger partial charge < -0.3 is 10.3 Å². The molecule has 196 valence electrons. The number of H-pyrrole nitrogens is 2. The topological polar surface area (TPSA) is 120 Å². The lowest BCUT2D eigenvalue weighted by molar-refractivity contribution is 0.489. The first-order valence-corrected chi connectivity index (χ1v) is 13.4. The molecular weight excluding hydrogens is 493 g/mol. The maximum atomic E-state index is 16.1. The van der Waals surface area contributed by atoms with Crippen molar-refractivity contribution in [1.29, 1.82) is 0 Å². The summed E-state index contributed by atoms with van der Waals surface area (Å²) in [4.78, 5) is 25.5. The van der Waals surface area contributed by atoms with Crippen LogP contribution >= 0.6 is 0 Å². The van der Waals surface area contributed by atoms with Gasteiger partial charge in [0.05, 0.1) is 11.1 Å². The molecule has 9 nitrogen and oxygen atoms in total. The van der Waals surface area contributed by atoms with E-state index in [4.69, 9.17) is 0 Å². The number of hydrogen-bond donors (Lipinski definition) is 3. The van der Waals surface area contributed by atoms with E-state index < -0.39 is 5.82 Å². The van der Waals surface area contributed by atoms with Crippen LogP contribution in [-0.2, 0) is 6.54 Å². The molecule has 39 heavy (non-hydrogen) atoms. The largest absolute Gasteiger partial charge is 0.338 e.